The minimum Gasteiger partial charge on any atom is -0.432 e. The van der Waals surface area contributed by atoms with E-state index in [9.17, 15) is 24.6 Å². The van der Waals surface area contributed by atoms with Crippen LogP contribution in [-0.4, -0.2) is 131 Å². The van der Waals surface area contributed by atoms with Crippen LogP contribution in [0.1, 0.15) is 52.2 Å². The van der Waals surface area contributed by atoms with Crippen molar-refractivity contribution in [1.29, 1.82) is 0 Å². The molecule has 63 heavy (non-hydrogen) atoms. The van der Waals surface area contributed by atoms with Gasteiger partial charge in [-0.25, -0.2) is 48.2 Å². The van der Waals surface area contributed by atoms with Gasteiger partial charge in [0.15, 0.2) is 34.8 Å². The summed E-state index contributed by atoms with van der Waals surface area (Å²) in [7, 11) is -4.99. The lowest BCUT2D eigenvalue weighted by atomic mass is 9.99. The lowest BCUT2D eigenvalue weighted by molar-refractivity contribution is -0.0688. The maximum Gasteiger partial charge on any atom is 0.510 e. The summed E-state index contributed by atoms with van der Waals surface area (Å²) in [6.07, 6.45) is -6.32. The maximum atomic E-state index is 15.0. The normalized spacial score (nSPS) is 33.0. The molecule has 4 aliphatic rings. The molecule has 344 valence electrons. The average molecular weight is 946 g/mol. The monoisotopic (exact) mass is 945 g/mol. The maximum absolute atomic E-state index is 15.0. The molecule has 1 unspecified atom stereocenters. The van der Waals surface area contributed by atoms with Crippen LogP contribution in [-0.2, 0) is 55.4 Å². The molecule has 2 aliphatic heterocycles. The smallest absolute Gasteiger partial charge is 0.432 e. The largest absolute Gasteiger partial charge is 0.510 e. The van der Waals surface area contributed by atoms with Crippen LogP contribution in [0.15, 0.2) is 23.8 Å². The summed E-state index contributed by atoms with van der Waals surface area (Å²) >= 11 is 0.466. The van der Waals surface area contributed by atoms with E-state index in [1.54, 1.807) is 32.3 Å². The third kappa shape index (κ3) is 8.93. The number of hydrogen-bond donors (Lipinski definition) is 4. The van der Waals surface area contributed by atoms with Crippen molar-refractivity contribution in [3.8, 4) is 0 Å². The number of carbonyl (C=O) groups excluding carboxylic acids is 2. The van der Waals surface area contributed by atoms with Crippen LogP contribution in [0.25, 0.3) is 22.3 Å². The van der Waals surface area contributed by atoms with Gasteiger partial charge in [0.25, 0.3) is 5.56 Å². The second-order valence-electron chi connectivity index (χ2n) is 15.7. The van der Waals surface area contributed by atoms with Crippen LogP contribution in [0.2, 0.25) is 0 Å². The van der Waals surface area contributed by atoms with Crippen molar-refractivity contribution in [2.75, 3.05) is 38.3 Å². The predicted octanol–water partition coefficient (Wildman–Crippen LogP) is 3.10. The van der Waals surface area contributed by atoms with Gasteiger partial charge in [0.1, 0.15) is 36.0 Å². The Hall–Kier alpha value is -4.27. The molecule has 11 atom stereocenters. The summed E-state index contributed by atoms with van der Waals surface area (Å²) in [5.41, 5.74) is 4.64. The van der Waals surface area contributed by atoms with E-state index in [-0.39, 0.29) is 40.4 Å². The van der Waals surface area contributed by atoms with Gasteiger partial charge in [-0.2, -0.15) is 0 Å². The molecule has 8 rings (SSSR count). The van der Waals surface area contributed by atoms with Crippen molar-refractivity contribution in [3.05, 3.63) is 35.2 Å². The first-order valence-electron chi connectivity index (χ1n) is 19.6. The highest BCUT2D eigenvalue weighted by Gasteiger charge is 2.74. The quantitative estimate of drug-likeness (QED) is 0.0953. The van der Waals surface area contributed by atoms with Gasteiger partial charge >= 0.3 is 26.9 Å². The van der Waals surface area contributed by atoms with Crippen molar-refractivity contribution in [2.24, 2.45) is 17.3 Å². The average Bonchev–Trinajstić information content (AvgIpc) is 3.50. The highest BCUT2D eigenvalue weighted by Crippen LogP contribution is 2.74. The van der Waals surface area contributed by atoms with E-state index < -0.39 is 131 Å². The number of aliphatic hydroxyl groups is 2. The first kappa shape index (κ1) is 45.3. The molecule has 2 aliphatic carbocycles. The minimum atomic E-state index is -4.99. The predicted molar refractivity (Wildman–Crippen MR) is 213 cm³/mol. The fourth-order valence-electron chi connectivity index (χ4n) is 8.08. The Balaban J connectivity index is 1.19. The second kappa shape index (κ2) is 17.6. The van der Waals surface area contributed by atoms with Crippen LogP contribution in [0, 0.1) is 24.2 Å². The number of carbonyl (C=O) groups is 2. The zero-order valence-electron chi connectivity index (χ0n) is 34.3. The highest BCUT2D eigenvalue weighted by atomic mass is 32.7. The Morgan fingerprint density at radius 2 is 1.73 bits per heavy atom. The van der Waals surface area contributed by atoms with Crippen LogP contribution >= 0.6 is 26.0 Å². The summed E-state index contributed by atoms with van der Waals surface area (Å²) in [5.74, 6) is -2.05. The van der Waals surface area contributed by atoms with Gasteiger partial charge in [-0.1, -0.05) is 0 Å². The number of imidazole rings is 2. The number of aryl methyl sites for hydroxylation is 1. The number of H-pyrrole nitrogens is 1. The molecule has 0 amide bonds. The summed E-state index contributed by atoms with van der Waals surface area (Å²) < 4.78 is 89.9. The van der Waals surface area contributed by atoms with Crippen molar-refractivity contribution in [2.45, 2.75) is 89.9 Å². The van der Waals surface area contributed by atoms with Gasteiger partial charge in [-0.05, 0) is 47.0 Å². The molecule has 6 heterocycles. The first-order chi connectivity index (χ1) is 29.9. The van der Waals surface area contributed by atoms with E-state index in [4.69, 9.17) is 52.0 Å². The fraction of sp³-hybridized carbons (Fsp3) is 0.647. The van der Waals surface area contributed by atoms with Crippen molar-refractivity contribution < 1.29 is 75.2 Å². The summed E-state index contributed by atoms with van der Waals surface area (Å²) in [6, 6.07) is -0.881. The number of rotatable bonds is 11. The number of aromatic nitrogens is 8. The van der Waals surface area contributed by atoms with E-state index in [1.165, 1.54) is 30.5 Å². The molecule has 5 N–H and O–H groups in total. The number of ether oxygens (including phenoxy) is 5. The number of nitrogens with one attached hydrogen (secondary N) is 1. The molecule has 0 radical (unpaired) electrons. The van der Waals surface area contributed by atoms with Gasteiger partial charge < -0.3 is 49.2 Å². The van der Waals surface area contributed by atoms with Crippen LogP contribution < -0.4 is 11.3 Å². The van der Waals surface area contributed by atoms with Crippen molar-refractivity contribution >= 4 is 66.5 Å². The van der Waals surface area contributed by atoms with E-state index in [2.05, 4.69) is 29.9 Å². The molecular formula is C34H45N9O17P2S. The van der Waals surface area contributed by atoms with Crippen molar-refractivity contribution in [3.63, 3.8) is 0 Å². The molecule has 1 spiro atoms. The Kier molecular flexibility index (Phi) is 12.7. The zero-order chi connectivity index (χ0) is 45.0. The number of nitrogens with two attached hydrogens (primary N) is 1. The molecule has 4 aromatic rings. The number of phosphoric acid groups is 1. The van der Waals surface area contributed by atoms with Crippen LogP contribution in [0.3, 0.4) is 0 Å². The molecular weight excluding hydrogens is 900 g/mol. The van der Waals surface area contributed by atoms with Gasteiger partial charge in [0.05, 0.1) is 56.8 Å². The molecule has 29 heteroatoms. The third-order valence-corrected chi connectivity index (χ3v) is 15.6. The lowest BCUT2D eigenvalue weighted by Gasteiger charge is -2.32. The molecule has 2 saturated carbocycles. The first-order valence-corrected chi connectivity index (χ1v) is 24.2. The molecule has 4 fully saturated rings. The number of phosphoric ester groups is 1. The van der Waals surface area contributed by atoms with Crippen LogP contribution in [0.5, 0.6) is 0 Å². The number of nitrogens with zero attached hydrogens (tertiary/aromatic N) is 7. The number of hydrogen-bond acceptors (Lipinski definition) is 24. The van der Waals surface area contributed by atoms with Gasteiger partial charge in [0, 0.05) is 22.7 Å². The summed E-state index contributed by atoms with van der Waals surface area (Å²) in [5, 5.41) is 23.0. The Labute approximate surface area is 360 Å². The zero-order valence-corrected chi connectivity index (χ0v) is 36.9. The molecule has 0 aromatic carbocycles. The molecule has 4 aromatic heterocycles. The Morgan fingerprint density at radius 3 is 2.46 bits per heavy atom. The number of anilines is 1. The SMILES string of the molecule is Cc1nc2c(ncn2[C@@H]2O[C@@H]3CO[P@](=O)(SCOC(=O)OC(C)C)O[C@H]4[C@@H](O)[C@H](n5cnc6c(N)ncnc65)[C@H]5CC54CO[P@@](=O)(OCOC(=O)OC(C)C)O[C@@H]2[C@@H]3CO)c(=O)[nH]1. The minimum absolute atomic E-state index is 0.0215. The lowest BCUT2D eigenvalue weighted by Crippen LogP contribution is -2.38. The van der Waals surface area contributed by atoms with E-state index >= 15 is 9.13 Å². The number of fused-ring (bicyclic) bond motifs is 4. The number of aromatic amines is 1. The fourth-order valence-corrected chi connectivity index (χ4v) is 12.2. The van der Waals surface area contributed by atoms with E-state index in [0.29, 0.717) is 11.4 Å². The van der Waals surface area contributed by atoms with Crippen LogP contribution in [0.4, 0.5) is 15.4 Å². The Bertz CT molecular complexity index is 2520. The standard InChI is InChI=1S/C34H45N9O17P2S/c1-15(2)56-32(47)51-13-55-61(49)54-9-34-6-19(34)23(42-11-38-21-27(35)36-10-37-28(21)42)24(45)26(34)60-62(50,63-14-52-33(48)57-16(3)4)53-8-20-18(7-44)25(59-61)31(58-20)43-12-39-22-29(43)40-17(5)41-30(22)46/h10-12,15-16,18-20,23-26,31,44-45H,6-9,13-14H2,1-5H3,(H2,35,36,37)(H,40,41,46)/t18-,19-,20-,23-,24+,25-,26+,31-,34?,61+,62+/m1/s1. The molecule has 26 nitrogen and oxygen atoms in total. The van der Waals surface area contributed by atoms with Gasteiger partial charge in [0.2, 0.25) is 6.79 Å². The van der Waals surface area contributed by atoms with Gasteiger partial charge in [-0.15, -0.1) is 0 Å². The summed E-state index contributed by atoms with van der Waals surface area (Å²) in [6.45, 7) is 0.434. The highest BCUT2D eigenvalue weighted by molar-refractivity contribution is 8.55. The van der Waals surface area contributed by atoms with E-state index in [0.717, 1.165) is 0 Å². The third-order valence-electron chi connectivity index (χ3n) is 10.9. The molecule has 2 saturated heterocycles. The second-order valence-corrected chi connectivity index (χ2v) is 21.3. The number of nitrogen functional groups attached to an aromatic ring is 1. The number of aliphatic hydroxyl groups excluding tert-OH is 2. The Morgan fingerprint density at radius 1 is 1.02 bits per heavy atom. The molecule has 2 bridgehead atoms. The topological polar surface area (TPSA) is 334 Å². The van der Waals surface area contributed by atoms with Crippen molar-refractivity contribution in [1.82, 2.24) is 39.0 Å². The van der Waals surface area contributed by atoms with E-state index in [1.807, 2.05) is 0 Å². The summed E-state index contributed by atoms with van der Waals surface area (Å²) in [4.78, 5) is 61.3. The van der Waals surface area contributed by atoms with Gasteiger partial charge in [-0.3, -0.25) is 27.5 Å².